The fourth-order valence-corrected chi connectivity index (χ4v) is 3.93. The Morgan fingerprint density at radius 1 is 1.05 bits per heavy atom. The van der Waals surface area contributed by atoms with Gasteiger partial charge in [-0.2, -0.15) is 0 Å². The normalized spacial score (nSPS) is 29.9. The van der Waals surface area contributed by atoms with E-state index in [0.29, 0.717) is 0 Å². The summed E-state index contributed by atoms with van der Waals surface area (Å²) >= 11 is 0. The first-order chi connectivity index (χ1) is 9.72. The van der Waals surface area contributed by atoms with Gasteiger partial charge in [0, 0.05) is 25.6 Å². The van der Waals surface area contributed by atoms with Gasteiger partial charge in [-0.05, 0) is 50.4 Å². The Morgan fingerprint density at radius 2 is 1.75 bits per heavy atom. The number of benzene rings is 1. The molecule has 0 radical (unpaired) electrons. The van der Waals surface area contributed by atoms with Crippen LogP contribution in [0.25, 0.3) is 0 Å². The van der Waals surface area contributed by atoms with E-state index in [0.717, 1.165) is 17.8 Å². The first-order valence-electron chi connectivity index (χ1n) is 8.18. The van der Waals surface area contributed by atoms with E-state index in [1.807, 2.05) is 0 Å². The second-order valence-electron chi connectivity index (χ2n) is 6.98. The summed E-state index contributed by atoms with van der Waals surface area (Å²) in [6, 6.07) is 11.1. The molecule has 2 unspecified atom stereocenters. The molecule has 0 aliphatic carbocycles. The zero-order valence-electron chi connectivity index (χ0n) is 13.0. The maximum atomic E-state index is 2.71. The Bertz CT molecular complexity index is 409. The predicted octanol–water partition coefficient (Wildman–Crippen LogP) is 3.06. The summed E-state index contributed by atoms with van der Waals surface area (Å²) in [6.07, 6.45) is 2.77. The van der Waals surface area contributed by atoms with E-state index in [2.05, 4.69) is 54.1 Å². The second-order valence-corrected chi connectivity index (χ2v) is 6.98. The third-order valence-corrected chi connectivity index (χ3v) is 5.22. The van der Waals surface area contributed by atoms with Crippen LogP contribution in [0.5, 0.6) is 0 Å². The molecule has 2 saturated heterocycles. The quantitative estimate of drug-likeness (QED) is 0.834. The molecule has 2 heteroatoms. The molecular formula is C18H28N2. The van der Waals surface area contributed by atoms with Gasteiger partial charge in [-0.3, -0.25) is 0 Å². The van der Waals surface area contributed by atoms with Gasteiger partial charge in [0.15, 0.2) is 0 Å². The topological polar surface area (TPSA) is 6.48 Å². The van der Waals surface area contributed by atoms with Crippen molar-refractivity contribution in [3.63, 3.8) is 0 Å². The molecule has 0 spiro atoms. The molecule has 1 aromatic carbocycles. The van der Waals surface area contributed by atoms with Crippen molar-refractivity contribution in [3.8, 4) is 0 Å². The Labute approximate surface area is 123 Å². The molecule has 0 amide bonds. The Balaban J connectivity index is 1.65. The SMILES string of the molecule is CC1CCN(CC2CN(C)CC2c2ccccc2)CC1. The van der Waals surface area contributed by atoms with Gasteiger partial charge in [-0.15, -0.1) is 0 Å². The average Bonchev–Trinajstić information content (AvgIpc) is 2.83. The van der Waals surface area contributed by atoms with Crippen molar-refractivity contribution >= 4 is 0 Å². The van der Waals surface area contributed by atoms with Crippen molar-refractivity contribution in [1.82, 2.24) is 9.80 Å². The van der Waals surface area contributed by atoms with Gasteiger partial charge in [0.1, 0.15) is 0 Å². The zero-order valence-corrected chi connectivity index (χ0v) is 13.0. The summed E-state index contributed by atoms with van der Waals surface area (Å²) < 4.78 is 0. The van der Waals surface area contributed by atoms with Crippen LogP contribution in [0.1, 0.15) is 31.2 Å². The summed E-state index contributed by atoms with van der Waals surface area (Å²) in [5.41, 5.74) is 1.53. The Morgan fingerprint density at radius 3 is 2.45 bits per heavy atom. The maximum absolute atomic E-state index is 2.71. The van der Waals surface area contributed by atoms with E-state index in [9.17, 15) is 0 Å². The minimum Gasteiger partial charge on any atom is -0.305 e. The Kier molecular flexibility index (Phi) is 4.42. The van der Waals surface area contributed by atoms with E-state index in [1.54, 1.807) is 0 Å². The number of hydrogen-bond donors (Lipinski definition) is 0. The largest absolute Gasteiger partial charge is 0.305 e. The molecule has 2 atom stereocenters. The summed E-state index contributed by atoms with van der Waals surface area (Å²) in [5.74, 6) is 2.46. The average molecular weight is 272 g/mol. The van der Waals surface area contributed by atoms with Gasteiger partial charge < -0.3 is 9.80 Å². The van der Waals surface area contributed by atoms with E-state index < -0.39 is 0 Å². The molecule has 3 rings (SSSR count). The van der Waals surface area contributed by atoms with Gasteiger partial charge >= 0.3 is 0 Å². The van der Waals surface area contributed by atoms with Crippen molar-refractivity contribution in [2.24, 2.45) is 11.8 Å². The summed E-state index contributed by atoms with van der Waals surface area (Å²) in [5, 5.41) is 0. The number of rotatable bonds is 3. The van der Waals surface area contributed by atoms with Crippen molar-refractivity contribution in [3.05, 3.63) is 35.9 Å². The lowest BCUT2D eigenvalue weighted by Gasteiger charge is -2.33. The van der Waals surface area contributed by atoms with Crippen LogP contribution in [0.15, 0.2) is 30.3 Å². The third-order valence-electron chi connectivity index (χ3n) is 5.22. The number of nitrogens with zero attached hydrogens (tertiary/aromatic N) is 2. The lowest BCUT2D eigenvalue weighted by molar-refractivity contribution is 0.164. The second kappa shape index (κ2) is 6.28. The summed E-state index contributed by atoms with van der Waals surface area (Å²) in [6.45, 7) is 8.78. The summed E-state index contributed by atoms with van der Waals surface area (Å²) in [4.78, 5) is 5.22. The van der Waals surface area contributed by atoms with Crippen molar-refractivity contribution in [1.29, 1.82) is 0 Å². The van der Waals surface area contributed by atoms with E-state index in [-0.39, 0.29) is 0 Å². The molecule has 2 fully saturated rings. The highest BCUT2D eigenvalue weighted by Gasteiger charge is 2.33. The lowest BCUT2D eigenvalue weighted by Crippen LogP contribution is -2.38. The van der Waals surface area contributed by atoms with E-state index in [1.165, 1.54) is 51.1 Å². The highest BCUT2D eigenvalue weighted by atomic mass is 15.2. The predicted molar refractivity (Wildman–Crippen MR) is 85.0 cm³/mol. The minimum absolute atomic E-state index is 0.723. The lowest BCUT2D eigenvalue weighted by atomic mass is 9.88. The van der Waals surface area contributed by atoms with Crippen LogP contribution in [-0.4, -0.2) is 49.6 Å². The Hall–Kier alpha value is -0.860. The maximum Gasteiger partial charge on any atom is 0.00510 e. The highest BCUT2D eigenvalue weighted by molar-refractivity contribution is 5.22. The monoisotopic (exact) mass is 272 g/mol. The molecule has 0 N–H and O–H groups in total. The molecular weight excluding hydrogens is 244 g/mol. The molecule has 2 aliphatic rings. The van der Waals surface area contributed by atoms with Crippen molar-refractivity contribution in [2.75, 3.05) is 39.8 Å². The smallest absolute Gasteiger partial charge is 0.00510 e. The molecule has 0 aromatic heterocycles. The van der Waals surface area contributed by atoms with Gasteiger partial charge in [-0.1, -0.05) is 37.3 Å². The van der Waals surface area contributed by atoms with E-state index in [4.69, 9.17) is 0 Å². The van der Waals surface area contributed by atoms with Crippen molar-refractivity contribution < 1.29 is 0 Å². The molecule has 0 saturated carbocycles. The molecule has 20 heavy (non-hydrogen) atoms. The summed E-state index contributed by atoms with van der Waals surface area (Å²) in [7, 11) is 2.27. The van der Waals surface area contributed by atoms with Crippen LogP contribution < -0.4 is 0 Å². The zero-order chi connectivity index (χ0) is 13.9. The third kappa shape index (κ3) is 3.24. The molecule has 2 aliphatic heterocycles. The van der Waals surface area contributed by atoms with Gasteiger partial charge in [-0.25, -0.2) is 0 Å². The number of likely N-dealkylation sites (tertiary alicyclic amines) is 2. The number of piperidine rings is 1. The number of likely N-dealkylation sites (N-methyl/N-ethyl adjacent to an activating group) is 1. The van der Waals surface area contributed by atoms with Crippen LogP contribution in [0.4, 0.5) is 0 Å². The highest BCUT2D eigenvalue weighted by Crippen LogP contribution is 2.33. The molecule has 2 heterocycles. The standard InChI is InChI=1S/C18H28N2/c1-15-8-10-20(11-9-15)13-17-12-19(2)14-18(17)16-6-4-3-5-7-16/h3-7,15,17-18H,8-14H2,1-2H3. The first-order valence-corrected chi connectivity index (χ1v) is 8.18. The number of hydrogen-bond acceptors (Lipinski definition) is 2. The minimum atomic E-state index is 0.723. The van der Waals surface area contributed by atoms with Gasteiger partial charge in [0.2, 0.25) is 0 Å². The van der Waals surface area contributed by atoms with Crippen LogP contribution in [0, 0.1) is 11.8 Å². The van der Waals surface area contributed by atoms with E-state index >= 15 is 0 Å². The van der Waals surface area contributed by atoms with Crippen LogP contribution in [-0.2, 0) is 0 Å². The van der Waals surface area contributed by atoms with Crippen LogP contribution >= 0.6 is 0 Å². The fourth-order valence-electron chi connectivity index (χ4n) is 3.93. The van der Waals surface area contributed by atoms with Crippen molar-refractivity contribution in [2.45, 2.75) is 25.7 Å². The molecule has 0 bridgehead atoms. The van der Waals surface area contributed by atoms with Gasteiger partial charge in [0.25, 0.3) is 0 Å². The molecule has 110 valence electrons. The molecule has 2 nitrogen and oxygen atoms in total. The van der Waals surface area contributed by atoms with Crippen LogP contribution in [0.2, 0.25) is 0 Å². The van der Waals surface area contributed by atoms with Crippen LogP contribution in [0.3, 0.4) is 0 Å². The fraction of sp³-hybridized carbons (Fsp3) is 0.667. The first kappa shape index (κ1) is 14.1. The molecule has 1 aromatic rings. The van der Waals surface area contributed by atoms with Gasteiger partial charge in [0.05, 0.1) is 0 Å².